The molecule has 0 bridgehead atoms. The zero-order chi connectivity index (χ0) is 17.9. The van der Waals surface area contributed by atoms with Gasteiger partial charge in [0.05, 0.1) is 5.57 Å². The van der Waals surface area contributed by atoms with E-state index in [0.29, 0.717) is 22.2 Å². The van der Waals surface area contributed by atoms with Crippen LogP contribution in [0.25, 0.3) is 22.7 Å². The van der Waals surface area contributed by atoms with E-state index in [1.54, 1.807) is 54.6 Å². The van der Waals surface area contributed by atoms with Crippen LogP contribution in [0.4, 0.5) is 4.39 Å². The van der Waals surface area contributed by atoms with Crippen molar-refractivity contribution in [2.75, 3.05) is 0 Å². The molecule has 0 unspecified atom stereocenters. The van der Waals surface area contributed by atoms with E-state index in [0.717, 1.165) is 0 Å². The molecule has 0 spiro atoms. The molecule has 4 aromatic rings. The highest BCUT2D eigenvalue weighted by Gasteiger charge is 2.20. The highest BCUT2D eigenvalue weighted by atomic mass is 19.1. The largest absolute Gasteiger partial charge is 0.436 e. The van der Waals surface area contributed by atoms with Crippen molar-refractivity contribution in [2.24, 2.45) is 0 Å². The Labute approximate surface area is 149 Å². The minimum Gasteiger partial charge on any atom is -0.436 e. The Balaban J connectivity index is 1.89. The van der Waals surface area contributed by atoms with Crippen molar-refractivity contribution in [3.63, 3.8) is 0 Å². The predicted molar refractivity (Wildman–Crippen MR) is 99.1 cm³/mol. The molecule has 0 aliphatic heterocycles. The number of benzene rings is 3. The third-order valence-electron chi connectivity index (χ3n) is 4.01. The summed E-state index contributed by atoms with van der Waals surface area (Å²) < 4.78 is 19.9. The summed E-state index contributed by atoms with van der Waals surface area (Å²) in [6.45, 7) is 0. The number of ketones is 1. The molecule has 0 saturated carbocycles. The highest BCUT2D eigenvalue weighted by molar-refractivity contribution is 6.31. The Bertz CT molecular complexity index is 1080. The van der Waals surface area contributed by atoms with Gasteiger partial charge in [0.2, 0.25) is 5.89 Å². The van der Waals surface area contributed by atoms with Crippen LogP contribution in [-0.2, 0) is 0 Å². The number of aromatic nitrogens is 1. The van der Waals surface area contributed by atoms with Crippen molar-refractivity contribution in [1.82, 2.24) is 4.98 Å². The summed E-state index contributed by atoms with van der Waals surface area (Å²) >= 11 is 0. The second-order valence-electron chi connectivity index (χ2n) is 5.76. The van der Waals surface area contributed by atoms with Crippen molar-refractivity contribution < 1.29 is 13.6 Å². The van der Waals surface area contributed by atoms with Gasteiger partial charge in [-0.05, 0) is 24.3 Å². The van der Waals surface area contributed by atoms with Crippen LogP contribution in [0.2, 0.25) is 0 Å². The molecular formula is C22H14FNO2. The summed E-state index contributed by atoms with van der Waals surface area (Å²) in [6, 6.07) is 22.3. The van der Waals surface area contributed by atoms with Gasteiger partial charge >= 0.3 is 0 Å². The van der Waals surface area contributed by atoms with Crippen molar-refractivity contribution in [3.8, 4) is 0 Å². The van der Waals surface area contributed by atoms with E-state index in [-0.39, 0.29) is 17.2 Å². The first kappa shape index (κ1) is 16.0. The van der Waals surface area contributed by atoms with E-state index in [1.807, 2.05) is 18.2 Å². The molecule has 0 saturated heterocycles. The SMILES string of the molecule is O=C(/C(=C\c1ccccc1F)c1nc2ccccc2o1)c1ccccc1. The Morgan fingerprint density at radius 1 is 0.885 bits per heavy atom. The fourth-order valence-electron chi connectivity index (χ4n) is 2.70. The van der Waals surface area contributed by atoms with Crippen LogP contribution in [0.15, 0.2) is 83.3 Å². The monoisotopic (exact) mass is 343 g/mol. The van der Waals surface area contributed by atoms with E-state index >= 15 is 0 Å². The second kappa shape index (κ2) is 6.76. The number of Topliss-reactive ketones (excluding diaryl/α,β-unsaturated/α-hetero) is 1. The molecule has 0 amide bonds. The summed E-state index contributed by atoms with van der Waals surface area (Å²) in [5.74, 6) is -0.523. The Morgan fingerprint density at radius 3 is 2.35 bits per heavy atom. The number of nitrogens with zero attached hydrogens (tertiary/aromatic N) is 1. The lowest BCUT2D eigenvalue weighted by Crippen LogP contribution is -2.03. The summed E-state index contributed by atoms with van der Waals surface area (Å²) in [4.78, 5) is 17.5. The lowest BCUT2D eigenvalue weighted by atomic mass is 10.0. The molecule has 0 aliphatic rings. The summed E-state index contributed by atoms with van der Waals surface area (Å²) in [7, 11) is 0. The van der Waals surface area contributed by atoms with E-state index in [2.05, 4.69) is 4.98 Å². The minimum atomic E-state index is -0.415. The standard InChI is InChI=1S/C22H14FNO2/c23-18-11-5-4-10-16(18)14-17(21(25)15-8-2-1-3-9-15)22-24-19-12-6-7-13-20(19)26-22/h1-14H/b17-14+. The van der Waals surface area contributed by atoms with Crippen LogP contribution < -0.4 is 0 Å². The van der Waals surface area contributed by atoms with Gasteiger partial charge in [-0.25, -0.2) is 9.37 Å². The molecule has 0 fully saturated rings. The fourth-order valence-corrected chi connectivity index (χ4v) is 2.70. The maximum absolute atomic E-state index is 14.1. The molecule has 3 nitrogen and oxygen atoms in total. The molecule has 0 atom stereocenters. The van der Waals surface area contributed by atoms with E-state index < -0.39 is 5.82 Å². The van der Waals surface area contributed by atoms with Crippen LogP contribution in [0.3, 0.4) is 0 Å². The smallest absolute Gasteiger partial charge is 0.231 e. The Hall–Kier alpha value is -3.53. The van der Waals surface area contributed by atoms with Gasteiger partial charge in [-0.2, -0.15) is 0 Å². The number of allylic oxidation sites excluding steroid dienone is 1. The number of hydrogen-bond acceptors (Lipinski definition) is 3. The van der Waals surface area contributed by atoms with Crippen LogP contribution in [0, 0.1) is 5.82 Å². The summed E-state index contributed by atoms with van der Waals surface area (Å²) in [5, 5.41) is 0. The number of hydrogen-bond donors (Lipinski definition) is 0. The van der Waals surface area contributed by atoms with Gasteiger partial charge < -0.3 is 4.42 Å². The average Bonchev–Trinajstić information content (AvgIpc) is 3.11. The minimum absolute atomic E-state index is 0.170. The van der Waals surface area contributed by atoms with Gasteiger partial charge in [0, 0.05) is 11.1 Å². The quantitative estimate of drug-likeness (QED) is 0.368. The normalized spacial score (nSPS) is 11.7. The maximum atomic E-state index is 14.1. The number of oxazole rings is 1. The van der Waals surface area contributed by atoms with Gasteiger partial charge in [-0.15, -0.1) is 0 Å². The van der Waals surface area contributed by atoms with Crippen LogP contribution in [0.1, 0.15) is 21.8 Å². The molecule has 126 valence electrons. The summed E-state index contributed by atoms with van der Waals surface area (Å²) in [6.07, 6.45) is 1.48. The topological polar surface area (TPSA) is 43.1 Å². The van der Waals surface area contributed by atoms with Crippen LogP contribution in [-0.4, -0.2) is 10.8 Å². The van der Waals surface area contributed by atoms with E-state index in [1.165, 1.54) is 12.1 Å². The molecule has 1 heterocycles. The number of para-hydroxylation sites is 2. The average molecular weight is 343 g/mol. The zero-order valence-corrected chi connectivity index (χ0v) is 13.7. The Morgan fingerprint density at radius 2 is 1.58 bits per heavy atom. The maximum Gasteiger partial charge on any atom is 0.231 e. The van der Waals surface area contributed by atoms with Crippen LogP contribution in [0.5, 0.6) is 0 Å². The van der Waals surface area contributed by atoms with Crippen molar-refractivity contribution >= 4 is 28.5 Å². The molecule has 4 rings (SSSR count). The molecule has 3 aromatic carbocycles. The fraction of sp³-hybridized carbons (Fsp3) is 0. The first-order valence-electron chi connectivity index (χ1n) is 8.14. The third kappa shape index (κ3) is 3.05. The molecule has 0 aliphatic carbocycles. The van der Waals surface area contributed by atoms with Gasteiger partial charge in [0.1, 0.15) is 11.3 Å². The lowest BCUT2D eigenvalue weighted by Gasteiger charge is -2.04. The first-order valence-corrected chi connectivity index (χ1v) is 8.14. The first-order chi connectivity index (χ1) is 12.7. The number of fused-ring (bicyclic) bond motifs is 1. The molecule has 0 N–H and O–H groups in total. The lowest BCUT2D eigenvalue weighted by molar-refractivity contribution is 0.105. The van der Waals surface area contributed by atoms with Gasteiger partial charge in [-0.1, -0.05) is 60.7 Å². The molecule has 26 heavy (non-hydrogen) atoms. The van der Waals surface area contributed by atoms with E-state index in [4.69, 9.17) is 4.42 Å². The highest BCUT2D eigenvalue weighted by Crippen LogP contribution is 2.26. The van der Waals surface area contributed by atoms with Crippen molar-refractivity contribution in [3.05, 3.63) is 102 Å². The van der Waals surface area contributed by atoms with Gasteiger partial charge in [0.15, 0.2) is 11.4 Å². The molecule has 1 aromatic heterocycles. The molecule has 0 radical (unpaired) electrons. The number of rotatable bonds is 4. The Kier molecular flexibility index (Phi) is 4.15. The zero-order valence-electron chi connectivity index (χ0n) is 13.7. The van der Waals surface area contributed by atoms with Gasteiger partial charge in [0.25, 0.3) is 0 Å². The van der Waals surface area contributed by atoms with Gasteiger partial charge in [-0.3, -0.25) is 4.79 Å². The van der Waals surface area contributed by atoms with Crippen LogP contribution >= 0.6 is 0 Å². The number of carbonyl (C=O) groups is 1. The third-order valence-corrected chi connectivity index (χ3v) is 4.01. The molecule has 4 heteroatoms. The van der Waals surface area contributed by atoms with Crippen molar-refractivity contribution in [1.29, 1.82) is 0 Å². The number of halogens is 1. The summed E-state index contributed by atoms with van der Waals surface area (Å²) in [5.41, 5.74) is 2.20. The van der Waals surface area contributed by atoms with E-state index in [9.17, 15) is 9.18 Å². The second-order valence-corrected chi connectivity index (χ2v) is 5.76. The van der Waals surface area contributed by atoms with Crippen molar-refractivity contribution in [2.45, 2.75) is 0 Å². The predicted octanol–water partition coefficient (Wildman–Crippen LogP) is 5.39. The molecular weight excluding hydrogens is 329 g/mol. The number of carbonyl (C=O) groups excluding carboxylic acids is 1.